The Morgan fingerprint density at radius 3 is 2.14 bits per heavy atom. The molecule has 192 valence electrons. The van der Waals surface area contributed by atoms with Gasteiger partial charge < -0.3 is 10.2 Å². The van der Waals surface area contributed by atoms with Gasteiger partial charge in [-0.05, 0) is 56.2 Å². The molecule has 0 spiro atoms. The molecule has 35 heavy (non-hydrogen) atoms. The van der Waals surface area contributed by atoms with E-state index in [-0.39, 0.29) is 34.2 Å². The third-order valence-electron chi connectivity index (χ3n) is 5.01. The molecule has 0 saturated heterocycles. The van der Waals surface area contributed by atoms with Crippen LogP contribution in [0.4, 0.5) is 5.69 Å². The average Bonchev–Trinajstić information content (AvgIpc) is 2.74. The second kappa shape index (κ2) is 12.5. The monoisotopic (exact) mass is 581 g/mol. The topological polar surface area (TPSA) is 86.8 Å². The summed E-state index contributed by atoms with van der Waals surface area (Å²) in [5.41, 5.74) is 0.680. The Hall–Kier alpha value is -1.71. The first-order chi connectivity index (χ1) is 16.2. The van der Waals surface area contributed by atoms with Crippen LogP contribution in [0.3, 0.4) is 0 Å². The molecule has 1 atom stereocenters. The van der Waals surface area contributed by atoms with Crippen molar-refractivity contribution >= 4 is 73.9 Å². The van der Waals surface area contributed by atoms with Crippen LogP contribution < -0.4 is 9.62 Å². The number of carbonyl (C=O) groups is 2. The molecule has 0 radical (unpaired) electrons. The van der Waals surface area contributed by atoms with Crippen LogP contribution in [0.15, 0.2) is 36.4 Å². The van der Waals surface area contributed by atoms with Crippen LogP contribution in [0.2, 0.25) is 20.1 Å². The Morgan fingerprint density at radius 1 is 0.971 bits per heavy atom. The number of nitrogens with one attached hydrogen (secondary N) is 1. The van der Waals surface area contributed by atoms with Crippen molar-refractivity contribution in [1.82, 2.24) is 10.2 Å². The van der Waals surface area contributed by atoms with Gasteiger partial charge in [0, 0.05) is 17.6 Å². The lowest BCUT2D eigenvalue weighted by Gasteiger charge is -2.33. The Kier molecular flexibility index (Phi) is 10.5. The molecule has 0 aliphatic carbocycles. The predicted octanol–water partition coefficient (Wildman–Crippen LogP) is 5.40. The van der Waals surface area contributed by atoms with Crippen molar-refractivity contribution in [2.24, 2.45) is 0 Å². The minimum atomic E-state index is -3.94. The van der Waals surface area contributed by atoms with E-state index in [0.717, 1.165) is 10.6 Å². The van der Waals surface area contributed by atoms with E-state index in [2.05, 4.69) is 5.32 Å². The molecule has 0 fully saturated rings. The fourth-order valence-electron chi connectivity index (χ4n) is 3.41. The summed E-state index contributed by atoms with van der Waals surface area (Å²) < 4.78 is 26.2. The van der Waals surface area contributed by atoms with Crippen molar-refractivity contribution in [3.63, 3.8) is 0 Å². The van der Waals surface area contributed by atoms with Gasteiger partial charge in [0.25, 0.3) is 0 Å². The maximum absolute atomic E-state index is 13.6. The number of rotatable bonds is 10. The molecule has 2 aromatic carbocycles. The van der Waals surface area contributed by atoms with Gasteiger partial charge >= 0.3 is 0 Å². The van der Waals surface area contributed by atoms with Crippen LogP contribution in [0.5, 0.6) is 0 Å². The molecule has 2 rings (SSSR count). The summed E-state index contributed by atoms with van der Waals surface area (Å²) in [7, 11) is -3.94. The van der Waals surface area contributed by atoms with Crippen LogP contribution >= 0.6 is 46.4 Å². The van der Waals surface area contributed by atoms with Gasteiger partial charge in [0.15, 0.2) is 0 Å². The van der Waals surface area contributed by atoms with Gasteiger partial charge in [-0.2, -0.15) is 0 Å². The molecule has 0 aliphatic heterocycles. The Labute approximate surface area is 226 Å². The number of anilines is 1. The molecular weight excluding hydrogens is 556 g/mol. The van der Waals surface area contributed by atoms with Gasteiger partial charge in [-0.15, -0.1) is 0 Å². The highest BCUT2D eigenvalue weighted by Gasteiger charge is 2.32. The molecule has 0 aromatic heterocycles. The van der Waals surface area contributed by atoms with Crippen molar-refractivity contribution in [2.45, 2.75) is 45.8 Å². The molecule has 0 saturated carbocycles. The Bertz CT molecular complexity index is 1190. The van der Waals surface area contributed by atoms with Crippen molar-refractivity contribution in [3.05, 3.63) is 62.1 Å². The first-order valence-corrected chi connectivity index (χ1v) is 14.1. The van der Waals surface area contributed by atoms with Crippen LogP contribution in [0.25, 0.3) is 0 Å². The standard InChI is InChI=1S/C23H27Cl4N3O4S/c1-5-20(23(32)28-14(2)3)29(12-15-6-8-17(25)19(27)10-15)22(31)13-30(35(4,33)34)21-11-16(24)7-9-18(21)26/h6-11,14,20H,5,12-13H2,1-4H3,(H,28,32). The lowest BCUT2D eigenvalue weighted by atomic mass is 10.1. The molecule has 12 heteroatoms. The zero-order valence-electron chi connectivity index (χ0n) is 19.7. The minimum absolute atomic E-state index is 0.000619. The molecule has 7 nitrogen and oxygen atoms in total. The highest BCUT2D eigenvalue weighted by Crippen LogP contribution is 2.31. The number of halogens is 4. The summed E-state index contributed by atoms with van der Waals surface area (Å²) >= 11 is 24.5. The van der Waals surface area contributed by atoms with E-state index in [1.54, 1.807) is 25.1 Å². The van der Waals surface area contributed by atoms with Gasteiger partial charge in [-0.1, -0.05) is 59.4 Å². The first-order valence-electron chi connectivity index (χ1n) is 10.7. The third-order valence-corrected chi connectivity index (χ3v) is 7.43. The molecule has 2 amide bonds. The van der Waals surface area contributed by atoms with E-state index in [1.807, 2.05) is 13.8 Å². The minimum Gasteiger partial charge on any atom is -0.352 e. The highest BCUT2D eigenvalue weighted by molar-refractivity contribution is 7.92. The van der Waals surface area contributed by atoms with Gasteiger partial charge in [0.05, 0.1) is 27.0 Å². The summed E-state index contributed by atoms with van der Waals surface area (Å²) in [6.07, 6.45) is 1.26. The van der Waals surface area contributed by atoms with Crippen LogP contribution in [0, 0.1) is 0 Å². The lowest BCUT2D eigenvalue weighted by Crippen LogP contribution is -2.53. The summed E-state index contributed by atoms with van der Waals surface area (Å²) in [4.78, 5) is 27.9. The molecular formula is C23H27Cl4N3O4S. The number of amides is 2. The van der Waals surface area contributed by atoms with E-state index in [1.165, 1.54) is 23.1 Å². The van der Waals surface area contributed by atoms with E-state index in [0.29, 0.717) is 22.0 Å². The SMILES string of the molecule is CCC(C(=O)NC(C)C)N(Cc1ccc(Cl)c(Cl)c1)C(=O)CN(c1cc(Cl)ccc1Cl)S(C)(=O)=O. The Morgan fingerprint density at radius 2 is 1.60 bits per heavy atom. The van der Waals surface area contributed by atoms with Gasteiger partial charge in [0.1, 0.15) is 12.6 Å². The first kappa shape index (κ1) is 29.5. The largest absolute Gasteiger partial charge is 0.352 e. The molecule has 1 unspecified atom stereocenters. The second-order valence-corrected chi connectivity index (χ2v) is 11.8. The molecule has 2 aromatic rings. The number of hydrogen-bond acceptors (Lipinski definition) is 4. The van der Waals surface area contributed by atoms with Crippen LogP contribution in [0.1, 0.15) is 32.8 Å². The molecule has 0 heterocycles. The normalized spacial score (nSPS) is 12.4. The summed E-state index contributed by atoms with van der Waals surface area (Å²) in [5.74, 6) is -0.967. The molecule has 0 aliphatic rings. The summed E-state index contributed by atoms with van der Waals surface area (Å²) in [6.45, 7) is 4.79. The second-order valence-electron chi connectivity index (χ2n) is 8.22. The maximum Gasteiger partial charge on any atom is 0.244 e. The van der Waals surface area contributed by atoms with Gasteiger partial charge in [0.2, 0.25) is 21.8 Å². The lowest BCUT2D eigenvalue weighted by molar-refractivity contribution is -0.140. The number of benzene rings is 2. The Balaban J connectivity index is 2.51. The smallest absolute Gasteiger partial charge is 0.244 e. The quantitative estimate of drug-likeness (QED) is 0.406. The summed E-state index contributed by atoms with van der Waals surface area (Å²) in [6, 6.07) is 8.17. The summed E-state index contributed by atoms with van der Waals surface area (Å²) in [5, 5.41) is 3.81. The number of nitrogens with zero attached hydrogens (tertiary/aromatic N) is 2. The molecule has 0 bridgehead atoms. The van der Waals surface area contributed by atoms with Gasteiger partial charge in [-0.25, -0.2) is 8.42 Å². The van der Waals surface area contributed by atoms with Crippen molar-refractivity contribution in [2.75, 3.05) is 17.1 Å². The third kappa shape index (κ3) is 8.15. The number of sulfonamides is 1. The van der Waals surface area contributed by atoms with Crippen molar-refractivity contribution in [1.29, 1.82) is 0 Å². The highest BCUT2D eigenvalue weighted by atomic mass is 35.5. The van der Waals surface area contributed by atoms with E-state index >= 15 is 0 Å². The number of carbonyl (C=O) groups excluding carboxylic acids is 2. The van der Waals surface area contributed by atoms with E-state index in [9.17, 15) is 18.0 Å². The fraction of sp³-hybridized carbons (Fsp3) is 0.391. The average molecular weight is 583 g/mol. The van der Waals surface area contributed by atoms with Crippen LogP contribution in [-0.2, 0) is 26.2 Å². The van der Waals surface area contributed by atoms with Crippen molar-refractivity contribution in [3.8, 4) is 0 Å². The zero-order chi connectivity index (χ0) is 26.5. The van der Waals surface area contributed by atoms with E-state index in [4.69, 9.17) is 46.4 Å². The van der Waals surface area contributed by atoms with Gasteiger partial charge in [-0.3, -0.25) is 13.9 Å². The molecule has 1 N–H and O–H groups in total. The zero-order valence-corrected chi connectivity index (χ0v) is 23.5. The van der Waals surface area contributed by atoms with E-state index < -0.39 is 28.5 Å². The maximum atomic E-state index is 13.6. The number of hydrogen-bond donors (Lipinski definition) is 1. The fourth-order valence-corrected chi connectivity index (χ4v) is 5.02. The van der Waals surface area contributed by atoms with Crippen molar-refractivity contribution < 1.29 is 18.0 Å². The van der Waals surface area contributed by atoms with Crippen LogP contribution in [-0.4, -0.2) is 50.0 Å². The predicted molar refractivity (Wildman–Crippen MR) is 143 cm³/mol.